The Morgan fingerprint density at radius 3 is 2.33 bits per heavy atom. The lowest BCUT2D eigenvalue weighted by Gasteiger charge is -2.02. The van der Waals surface area contributed by atoms with Crippen LogP contribution in [0.15, 0.2) is 11.4 Å². The topological polar surface area (TPSA) is 26.0 Å². The molecule has 1 aromatic heterocycles. The van der Waals surface area contributed by atoms with Gasteiger partial charge in [0.25, 0.3) is 0 Å². The second-order valence-corrected chi connectivity index (χ2v) is 3.47. The summed E-state index contributed by atoms with van der Waals surface area (Å²) in [5.74, 6) is 0. The highest BCUT2D eigenvalue weighted by Crippen LogP contribution is 2.33. The van der Waals surface area contributed by atoms with Crippen molar-refractivity contribution >= 4 is 11.3 Å². The van der Waals surface area contributed by atoms with Crippen molar-refractivity contribution in [2.75, 3.05) is 0 Å². The van der Waals surface area contributed by atoms with E-state index in [0.29, 0.717) is 4.88 Å². The van der Waals surface area contributed by atoms with Gasteiger partial charge in [0.2, 0.25) is 0 Å². The van der Waals surface area contributed by atoms with Crippen LogP contribution in [0, 0.1) is 0 Å². The molecular weight excluding hydrogens is 187 g/mol. The van der Waals surface area contributed by atoms with Crippen LogP contribution in [0.25, 0.3) is 0 Å². The third-order valence-corrected chi connectivity index (χ3v) is 2.53. The second-order valence-electron chi connectivity index (χ2n) is 2.52. The molecule has 68 valence electrons. The van der Waals surface area contributed by atoms with Crippen molar-refractivity contribution < 1.29 is 13.2 Å². The molecule has 1 unspecified atom stereocenters. The third-order valence-electron chi connectivity index (χ3n) is 1.40. The molecule has 0 bridgehead atoms. The molecule has 1 aromatic rings. The minimum Gasteiger partial charge on any atom is -0.324 e. The predicted octanol–water partition coefficient (Wildman–Crippen LogP) is 2.79. The minimum atomic E-state index is -4.25. The van der Waals surface area contributed by atoms with Gasteiger partial charge in [-0.3, -0.25) is 0 Å². The lowest BCUT2D eigenvalue weighted by molar-refractivity contribution is -0.137. The van der Waals surface area contributed by atoms with Crippen molar-refractivity contribution in [3.63, 3.8) is 0 Å². The van der Waals surface area contributed by atoms with Crippen LogP contribution in [-0.4, -0.2) is 0 Å². The van der Waals surface area contributed by atoms with Gasteiger partial charge >= 0.3 is 6.18 Å². The van der Waals surface area contributed by atoms with Crippen molar-refractivity contribution in [1.29, 1.82) is 0 Å². The van der Waals surface area contributed by atoms with E-state index in [1.807, 2.05) is 0 Å². The van der Waals surface area contributed by atoms with Crippen LogP contribution in [0.5, 0.6) is 0 Å². The number of alkyl halides is 3. The first-order valence-corrected chi connectivity index (χ1v) is 4.20. The molecule has 1 heterocycles. The van der Waals surface area contributed by atoms with Crippen LogP contribution in [0.3, 0.4) is 0 Å². The van der Waals surface area contributed by atoms with Gasteiger partial charge in [0.15, 0.2) is 0 Å². The van der Waals surface area contributed by atoms with Crippen molar-refractivity contribution in [3.05, 3.63) is 21.9 Å². The average Bonchev–Trinajstić information content (AvgIpc) is 2.30. The Bertz CT molecular complexity index is 264. The quantitative estimate of drug-likeness (QED) is 0.732. The third kappa shape index (κ3) is 1.98. The molecule has 1 rings (SSSR count). The SMILES string of the molecule is CC(N)c1cc(C(F)(F)F)cs1. The Labute approximate surface area is 72.0 Å². The highest BCUT2D eigenvalue weighted by Gasteiger charge is 2.31. The van der Waals surface area contributed by atoms with E-state index in [2.05, 4.69) is 0 Å². The molecule has 0 radical (unpaired) electrons. The number of hydrogen-bond acceptors (Lipinski definition) is 2. The summed E-state index contributed by atoms with van der Waals surface area (Å²) >= 11 is 1.04. The summed E-state index contributed by atoms with van der Waals surface area (Å²) in [6.07, 6.45) is -4.25. The summed E-state index contributed by atoms with van der Waals surface area (Å²) in [4.78, 5) is 0.558. The zero-order chi connectivity index (χ0) is 9.35. The zero-order valence-electron chi connectivity index (χ0n) is 6.35. The van der Waals surface area contributed by atoms with Crippen LogP contribution in [0.4, 0.5) is 13.2 Å². The summed E-state index contributed by atoms with van der Waals surface area (Å²) in [6.45, 7) is 1.66. The smallest absolute Gasteiger partial charge is 0.324 e. The maximum Gasteiger partial charge on any atom is 0.417 e. The Balaban J connectivity index is 2.92. The normalized spacial score (nSPS) is 14.8. The summed E-state index contributed by atoms with van der Waals surface area (Å²) < 4.78 is 36.1. The van der Waals surface area contributed by atoms with Crippen molar-refractivity contribution in [3.8, 4) is 0 Å². The van der Waals surface area contributed by atoms with E-state index in [9.17, 15) is 13.2 Å². The van der Waals surface area contributed by atoms with E-state index in [0.717, 1.165) is 22.8 Å². The van der Waals surface area contributed by atoms with Crippen LogP contribution in [0.1, 0.15) is 23.4 Å². The van der Waals surface area contributed by atoms with E-state index in [1.54, 1.807) is 6.92 Å². The van der Waals surface area contributed by atoms with E-state index in [-0.39, 0.29) is 6.04 Å². The zero-order valence-corrected chi connectivity index (χ0v) is 7.17. The van der Waals surface area contributed by atoms with E-state index in [1.165, 1.54) is 0 Å². The van der Waals surface area contributed by atoms with E-state index in [4.69, 9.17) is 5.73 Å². The maximum atomic E-state index is 12.0. The van der Waals surface area contributed by atoms with E-state index < -0.39 is 11.7 Å². The number of hydrogen-bond donors (Lipinski definition) is 1. The number of nitrogens with two attached hydrogens (primary N) is 1. The standard InChI is InChI=1S/C7H8F3NS/c1-4(11)6-2-5(3-12-6)7(8,9)10/h2-4H,11H2,1H3. The highest BCUT2D eigenvalue weighted by atomic mass is 32.1. The summed E-state index contributed by atoms with van der Waals surface area (Å²) in [6, 6.07) is 0.765. The lowest BCUT2D eigenvalue weighted by atomic mass is 10.2. The van der Waals surface area contributed by atoms with Gasteiger partial charge in [-0.05, 0) is 13.0 Å². The second kappa shape index (κ2) is 3.06. The van der Waals surface area contributed by atoms with Gasteiger partial charge < -0.3 is 5.73 Å². The van der Waals surface area contributed by atoms with Gasteiger partial charge in [-0.2, -0.15) is 13.2 Å². The fourth-order valence-electron chi connectivity index (χ4n) is 0.740. The Morgan fingerprint density at radius 2 is 2.08 bits per heavy atom. The molecule has 0 aliphatic heterocycles. The lowest BCUT2D eigenvalue weighted by Crippen LogP contribution is -2.04. The van der Waals surface area contributed by atoms with E-state index >= 15 is 0 Å². The van der Waals surface area contributed by atoms with Crippen molar-refractivity contribution in [1.82, 2.24) is 0 Å². The van der Waals surface area contributed by atoms with Gasteiger partial charge in [0.05, 0.1) is 5.56 Å². The van der Waals surface area contributed by atoms with Crippen molar-refractivity contribution in [2.45, 2.75) is 19.1 Å². The Morgan fingerprint density at radius 1 is 1.50 bits per heavy atom. The molecule has 0 fully saturated rings. The molecule has 0 saturated heterocycles. The molecule has 0 aromatic carbocycles. The fourth-order valence-corrected chi connectivity index (χ4v) is 1.61. The van der Waals surface area contributed by atoms with Crippen LogP contribution >= 0.6 is 11.3 Å². The molecule has 0 aliphatic rings. The van der Waals surface area contributed by atoms with Gasteiger partial charge in [-0.15, -0.1) is 11.3 Å². The molecule has 2 N–H and O–H groups in total. The fraction of sp³-hybridized carbons (Fsp3) is 0.429. The van der Waals surface area contributed by atoms with Gasteiger partial charge in [0.1, 0.15) is 0 Å². The average molecular weight is 195 g/mol. The van der Waals surface area contributed by atoms with Crippen LogP contribution < -0.4 is 5.73 Å². The largest absolute Gasteiger partial charge is 0.417 e. The summed E-state index contributed by atoms with van der Waals surface area (Å²) in [5, 5.41) is 1.08. The Kier molecular flexibility index (Phi) is 2.44. The van der Waals surface area contributed by atoms with Crippen molar-refractivity contribution in [2.24, 2.45) is 5.73 Å². The molecule has 1 atom stereocenters. The molecular formula is C7H8F3NS. The predicted molar refractivity (Wildman–Crippen MR) is 41.9 cm³/mol. The molecule has 0 spiro atoms. The monoisotopic (exact) mass is 195 g/mol. The highest BCUT2D eigenvalue weighted by molar-refractivity contribution is 7.10. The molecule has 0 amide bonds. The molecule has 1 nitrogen and oxygen atoms in total. The summed E-state index contributed by atoms with van der Waals surface area (Å²) in [7, 11) is 0. The van der Waals surface area contributed by atoms with Crippen LogP contribution in [0.2, 0.25) is 0 Å². The molecule has 5 heteroatoms. The molecule has 0 saturated carbocycles. The first kappa shape index (κ1) is 9.54. The van der Waals surface area contributed by atoms with Gasteiger partial charge in [-0.25, -0.2) is 0 Å². The minimum absolute atomic E-state index is 0.328. The number of rotatable bonds is 1. The maximum absolute atomic E-state index is 12.0. The molecule has 0 aliphatic carbocycles. The number of thiophene rings is 1. The summed E-state index contributed by atoms with van der Waals surface area (Å²) in [5.41, 5.74) is 4.80. The molecule has 12 heavy (non-hydrogen) atoms. The van der Waals surface area contributed by atoms with Gasteiger partial charge in [0, 0.05) is 16.3 Å². The first-order valence-electron chi connectivity index (χ1n) is 3.32. The first-order chi connectivity index (χ1) is 5.41. The van der Waals surface area contributed by atoms with Gasteiger partial charge in [-0.1, -0.05) is 0 Å². The number of halogens is 3. The van der Waals surface area contributed by atoms with Crippen LogP contribution in [-0.2, 0) is 6.18 Å². The Hall–Kier alpha value is -0.550.